The summed E-state index contributed by atoms with van der Waals surface area (Å²) >= 11 is 0. The largest absolute Gasteiger partial charge is 0.463 e. The fourth-order valence-corrected chi connectivity index (χ4v) is 1.77. The number of nitrogens with one attached hydrogen (secondary N) is 1. The second kappa shape index (κ2) is 3.90. The van der Waals surface area contributed by atoms with Gasteiger partial charge in [-0.15, -0.1) is 0 Å². The fraction of sp³-hybridized carbons (Fsp3) is 0.364. The quantitative estimate of drug-likeness (QED) is 0.829. The van der Waals surface area contributed by atoms with Crippen LogP contribution in [0.1, 0.15) is 11.5 Å². The first-order valence-corrected chi connectivity index (χ1v) is 4.94. The Hall–Kier alpha value is -1.55. The Morgan fingerprint density at radius 2 is 2.33 bits per heavy atom. The molecule has 1 N–H and O–H groups in total. The van der Waals surface area contributed by atoms with Crippen LogP contribution in [0.2, 0.25) is 0 Å². The molecule has 0 spiro atoms. The Labute approximate surface area is 88.9 Å². The number of rotatable bonds is 3. The van der Waals surface area contributed by atoms with E-state index in [9.17, 15) is 0 Å². The maximum atomic E-state index is 5.39. The molecule has 4 nitrogen and oxygen atoms in total. The van der Waals surface area contributed by atoms with Crippen LogP contribution in [-0.2, 0) is 13.6 Å². The maximum Gasteiger partial charge on any atom is 0.152 e. The molecule has 0 bridgehead atoms. The van der Waals surface area contributed by atoms with Gasteiger partial charge in [-0.2, -0.15) is 0 Å². The number of aromatic nitrogens is 2. The molecule has 2 aromatic rings. The third-order valence-corrected chi connectivity index (χ3v) is 2.45. The fourth-order valence-electron chi connectivity index (χ4n) is 1.77. The summed E-state index contributed by atoms with van der Waals surface area (Å²) in [5.41, 5.74) is 2.04. The minimum atomic E-state index is 0.762. The molecule has 0 aliphatic heterocycles. The van der Waals surface area contributed by atoms with Gasteiger partial charge in [-0.25, -0.2) is 4.98 Å². The van der Waals surface area contributed by atoms with Gasteiger partial charge in [-0.05, 0) is 26.1 Å². The number of hydrogen-bond donors (Lipinski definition) is 1. The van der Waals surface area contributed by atoms with Gasteiger partial charge in [0.2, 0.25) is 0 Å². The SMILES string of the molecule is CNCc1nc(C)c(-c2ccco2)n1C. The van der Waals surface area contributed by atoms with Crippen molar-refractivity contribution >= 4 is 0 Å². The molecule has 80 valence electrons. The van der Waals surface area contributed by atoms with Crippen molar-refractivity contribution in [3.63, 3.8) is 0 Å². The van der Waals surface area contributed by atoms with Crippen LogP contribution in [-0.4, -0.2) is 16.6 Å². The first kappa shape index (κ1) is 9.98. The zero-order valence-corrected chi connectivity index (χ0v) is 9.24. The molecule has 0 saturated heterocycles. The first-order chi connectivity index (χ1) is 7.24. The number of imidazole rings is 1. The molecule has 0 unspecified atom stereocenters. The van der Waals surface area contributed by atoms with Gasteiger partial charge >= 0.3 is 0 Å². The van der Waals surface area contributed by atoms with Crippen LogP contribution in [0.5, 0.6) is 0 Å². The highest BCUT2D eigenvalue weighted by Gasteiger charge is 2.14. The van der Waals surface area contributed by atoms with Gasteiger partial charge < -0.3 is 14.3 Å². The van der Waals surface area contributed by atoms with Gasteiger partial charge in [0.1, 0.15) is 11.5 Å². The molecule has 2 aromatic heterocycles. The molecule has 0 radical (unpaired) electrons. The van der Waals surface area contributed by atoms with Crippen molar-refractivity contribution in [1.82, 2.24) is 14.9 Å². The molecule has 0 saturated carbocycles. The van der Waals surface area contributed by atoms with E-state index in [0.29, 0.717) is 0 Å². The minimum Gasteiger partial charge on any atom is -0.463 e. The Balaban J connectivity index is 2.48. The lowest BCUT2D eigenvalue weighted by Gasteiger charge is -2.03. The predicted octanol–water partition coefficient (Wildman–Crippen LogP) is 1.71. The van der Waals surface area contributed by atoms with Crippen LogP contribution in [0.4, 0.5) is 0 Å². The zero-order chi connectivity index (χ0) is 10.8. The summed E-state index contributed by atoms with van der Waals surface area (Å²) in [7, 11) is 3.92. The molecular weight excluding hydrogens is 190 g/mol. The van der Waals surface area contributed by atoms with E-state index in [1.54, 1.807) is 6.26 Å². The highest BCUT2D eigenvalue weighted by molar-refractivity contribution is 5.56. The number of aryl methyl sites for hydroxylation is 1. The monoisotopic (exact) mass is 205 g/mol. The summed E-state index contributed by atoms with van der Waals surface area (Å²) in [6.45, 7) is 2.76. The Kier molecular flexibility index (Phi) is 2.60. The van der Waals surface area contributed by atoms with Crippen LogP contribution in [0.25, 0.3) is 11.5 Å². The van der Waals surface area contributed by atoms with Crippen molar-refractivity contribution in [2.45, 2.75) is 13.5 Å². The zero-order valence-electron chi connectivity index (χ0n) is 9.24. The molecule has 15 heavy (non-hydrogen) atoms. The van der Waals surface area contributed by atoms with Crippen molar-refractivity contribution < 1.29 is 4.42 Å². The molecule has 0 amide bonds. The van der Waals surface area contributed by atoms with E-state index < -0.39 is 0 Å². The van der Waals surface area contributed by atoms with Gasteiger partial charge in [0, 0.05) is 7.05 Å². The van der Waals surface area contributed by atoms with Gasteiger partial charge in [0.15, 0.2) is 5.76 Å². The van der Waals surface area contributed by atoms with E-state index in [0.717, 1.165) is 29.5 Å². The molecule has 2 rings (SSSR count). The molecule has 0 aliphatic carbocycles. The lowest BCUT2D eigenvalue weighted by molar-refractivity contribution is 0.574. The molecule has 4 heteroatoms. The third-order valence-electron chi connectivity index (χ3n) is 2.45. The molecule has 2 heterocycles. The standard InChI is InChI=1S/C11H15N3O/c1-8-11(9-5-4-6-15-9)14(3)10(13-8)7-12-2/h4-6,12H,7H2,1-3H3. The summed E-state index contributed by atoms with van der Waals surface area (Å²) in [6.07, 6.45) is 1.68. The van der Waals surface area contributed by atoms with E-state index in [-0.39, 0.29) is 0 Å². The van der Waals surface area contributed by atoms with E-state index in [4.69, 9.17) is 4.42 Å². The lowest BCUT2D eigenvalue weighted by atomic mass is 10.3. The average Bonchev–Trinajstić information content (AvgIpc) is 2.77. The summed E-state index contributed by atoms with van der Waals surface area (Å²) in [4.78, 5) is 4.50. The molecular formula is C11H15N3O. The Morgan fingerprint density at radius 1 is 1.53 bits per heavy atom. The lowest BCUT2D eigenvalue weighted by Crippen LogP contribution is -2.10. The second-order valence-corrected chi connectivity index (χ2v) is 3.53. The van der Waals surface area contributed by atoms with Gasteiger partial charge in [-0.3, -0.25) is 0 Å². The molecule has 0 atom stereocenters. The normalized spacial score (nSPS) is 10.9. The number of nitrogens with zero attached hydrogens (tertiary/aromatic N) is 2. The first-order valence-electron chi connectivity index (χ1n) is 4.94. The van der Waals surface area contributed by atoms with Crippen molar-refractivity contribution in [2.24, 2.45) is 7.05 Å². The molecule has 0 aliphatic rings. The van der Waals surface area contributed by atoms with Crippen LogP contribution >= 0.6 is 0 Å². The van der Waals surface area contributed by atoms with Gasteiger partial charge in [-0.1, -0.05) is 0 Å². The van der Waals surface area contributed by atoms with Crippen molar-refractivity contribution in [3.8, 4) is 11.5 Å². The summed E-state index contributed by atoms with van der Waals surface area (Å²) in [5.74, 6) is 1.88. The maximum absolute atomic E-state index is 5.39. The average molecular weight is 205 g/mol. The van der Waals surface area contributed by atoms with Gasteiger partial charge in [0.25, 0.3) is 0 Å². The highest BCUT2D eigenvalue weighted by Crippen LogP contribution is 2.24. The Bertz CT molecular complexity index is 443. The Morgan fingerprint density at radius 3 is 2.93 bits per heavy atom. The van der Waals surface area contributed by atoms with Crippen molar-refractivity contribution in [3.05, 3.63) is 29.9 Å². The molecule has 0 aromatic carbocycles. The number of hydrogen-bond acceptors (Lipinski definition) is 3. The van der Waals surface area contributed by atoms with Crippen molar-refractivity contribution in [2.75, 3.05) is 7.05 Å². The minimum absolute atomic E-state index is 0.762. The summed E-state index contributed by atoms with van der Waals surface area (Å²) in [5, 5.41) is 3.10. The van der Waals surface area contributed by atoms with E-state index in [1.807, 2.05) is 33.2 Å². The van der Waals surface area contributed by atoms with Gasteiger partial charge in [0.05, 0.1) is 18.5 Å². The predicted molar refractivity (Wildman–Crippen MR) is 58.4 cm³/mol. The van der Waals surface area contributed by atoms with E-state index in [2.05, 4.69) is 14.9 Å². The van der Waals surface area contributed by atoms with Crippen LogP contribution < -0.4 is 5.32 Å². The highest BCUT2D eigenvalue weighted by atomic mass is 16.3. The van der Waals surface area contributed by atoms with Crippen molar-refractivity contribution in [1.29, 1.82) is 0 Å². The van der Waals surface area contributed by atoms with E-state index in [1.165, 1.54) is 0 Å². The molecule has 0 fully saturated rings. The smallest absolute Gasteiger partial charge is 0.152 e. The topological polar surface area (TPSA) is 43.0 Å². The number of furan rings is 1. The second-order valence-electron chi connectivity index (χ2n) is 3.53. The van der Waals surface area contributed by atoms with Crippen LogP contribution in [0.15, 0.2) is 22.8 Å². The van der Waals surface area contributed by atoms with Crippen LogP contribution in [0, 0.1) is 6.92 Å². The summed E-state index contributed by atoms with van der Waals surface area (Å²) in [6, 6.07) is 3.84. The van der Waals surface area contributed by atoms with E-state index >= 15 is 0 Å². The summed E-state index contributed by atoms with van der Waals surface area (Å²) < 4.78 is 7.45. The van der Waals surface area contributed by atoms with Crippen LogP contribution in [0.3, 0.4) is 0 Å². The third kappa shape index (κ3) is 1.68.